The summed E-state index contributed by atoms with van der Waals surface area (Å²) in [5.74, 6) is -1.62. The van der Waals surface area contributed by atoms with Gasteiger partial charge in [0.2, 0.25) is 0 Å². The number of ether oxygens (including phenoxy) is 1. The van der Waals surface area contributed by atoms with Gasteiger partial charge in [-0.05, 0) is 18.2 Å². The van der Waals surface area contributed by atoms with Gasteiger partial charge in [-0.3, -0.25) is 0 Å². The minimum Gasteiger partial charge on any atom is -0.744 e. The van der Waals surface area contributed by atoms with Crippen LogP contribution in [-0.4, -0.2) is 26.0 Å². The van der Waals surface area contributed by atoms with Crippen molar-refractivity contribution in [2.75, 3.05) is 7.11 Å². The number of carbonyl (C=O) groups excluding carboxylic acids is 1. The van der Waals surface area contributed by atoms with E-state index in [0.717, 1.165) is 12.1 Å². The second-order valence-electron chi connectivity index (χ2n) is 2.60. The molecule has 15 heavy (non-hydrogen) atoms. The van der Waals surface area contributed by atoms with E-state index >= 15 is 0 Å². The normalized spacial score (nSPS) is 11.1. The second-order valence-corrected chi connectivity index (χ2v) is 3.95. The lowest BCUT2D eigenvalue weighted by Gasteiger charge is -2.14. The largest absolute Gasteiger partial charge is 0.744 e. The first kappa shape index (κ1) is 11.5. The van der Waals surface area contributed by atoms with Crippen LogP contribution in [-0.2, 0) is 10.1 Å². The summed E-state index contributed by atoms with van der Waals surface area (Å²) in [7, 11) is -3.55. The molecule has 0 bridgehead atoms. The minimum atomic E-state index is -4.83. The molecule has 0 aliphatic rings. The molecule has 0 unspecified atom stereocenters. The molecule has 0 saturated heterocycles. The highest BCUT2D eigenvalue weighted by atomic mass is 32.2. The molecule has 7 heteroatoms. The number of benzene rings is 1. The summed E-state index contributed by atoms with van der Waals surface area (Å²) in [6.07, 6.45) is 0. The molecule has 0 heterocycles. The number of carboxylic acids is 1. The van der Waals surface area contributed by atoms with Gasteiger partial charge in [0, 0.05) is 5.56 Å². The molecular weight excluding hydrogens is 224 g/mol. The summed E-state index contributed by atoms with van der Waals surface area (Å²) in [5.41, 5.74) is -0.704. The van der Waals surface area contributed by atoms with Crippen molar-refractivity contribution < 1.29 is 27.6 Å². The Morgan fingerprint density at radius 2 is 2.00 bits per heavy atom. The topological polar surface area (TPSA) is 107 Å². The fourth-order valence-corrected chi connectivity index (χ4v) is 1.66. The average Bonchev–Trinajstić information content (AvgIpc) is 2.15. The molecule has 0 saturated carbocycles. The van der Waals surface area contributed by atoms with Gasteiger partial charge in [0.25, 0.3) is 0 Å². The third-order valence-corrected chi connectivity index (χ3v) is 2.57. The molecule has 0 N–H and O–H groups in total. The van der Waals surface area contributed by atoms with Crippen molar-refractivity contribution in [3.63, 3.8) is 0 Å². The Morgan fingerprint density at radius 3 is 2.40 bits per heavy atom. The molecule has 0 aliphatic carbocycles. The summed E-state index contributed by atoms with van der Waals surface area (Å²) < 4.78 is 36.7. The second kappa shape index (κ2) is 3.87. The van der Waals surface area contributed by atoms with Crippen LogP contribution in [0.25, 0.3) is 0 Å². The number of carboxylic acid groups (broad SMARTS) is 1. The maximum atomic E-state index is 10.7. The first-order valence-corrected chi connectivity index (χ1v) is 5.12. The van der Waals surface area contributed by atoms with Crippen molar-refractivity contribution in [1.82, 2.24) is 0 Å². The zero-order chi connectivity index (χ0) is 11.6. The lowest BCUT2D eigenvalue weighted by atomic mass is 10.2. The molecule has 0 amide bonds. The van der Waals surface area contributed by atoms with E-state index in [-0.39, 0.29) is 5.75 Å². The zero-order valence-electron chi connectivity index (χ0n) is 7.59. The summed E-state index contributed by atoms with van der Waals surface area (Å²) in [5, 5.41) is 10.6. The van der Waals surface area contributed by atoms with Gasteiger partial charge in [0.05, 0.1) is 18.0 Å². The van der Waals surface area contributed by atoms with Crippen LogP contribution in [0.3, 0.4) is 0 Å². The van der Waals surface area contributed by atoms with Gasteiger partial charge < -0.3 is 19.2 Å². The summed E-state index contributed by atoms with van der Waals surface area (Å²) in [6.45, 7) is 0. The van der Waals surface area contributed by atoms with Crippen molar-refractivity contribution in [2.45, 2.75) is 4.90 Å². The highest BCUT2D eigenvalue weighted by Gasteiger charge is 2.10. The first-order chi connectivity index (χ1) is 6.86. The van der Waals surface area contributed by atoms with Gasteiger partial charge in [-0.15, -0.1) is 0 Å². The molecule has 1 aromatic rings. The van der Waals surface area contributed by atoms with E-state index in [1.807, 2.05) is 0 Å². The maximum absolute atomic E-state index is 10.7. The fourth-order valence-electron chi connectivity index (χ4n) is 1.01. The summed E-state index contributed by atoms with van der Waals surface area (Å²) >= 11 is 0. The van der Waals surface area contributed by atoms with Gasteiger partial charge in [0.15, 0.2) is 0 Å². The van der Waals surface area contributed by atoms with E-state index in [4.69, 9.17) is 0 Å². The van der Waals surface area contributed by atoms with Gasteiger partial charge in [-0.2, -0.15) is 0 Å². The molecule has 6 nitrogen and oxygen atoms in total. The van der Waals surface area contributed by atoms with Crippen LogP contribution < -0.4 is 9.84 Å². The van der Waals surface area contributed by atoms with Crippen molar-refractivity contribution in [2.24, 2.45) is 0 Å². The number of hydrogen-bond donors (Lipinski definition) is 0. The predicted molar refractivity (Wildman–Crippen MR) is 45.3 cm³/mol. The van der Waals surface area contributed by atoms with Crippen molar-refractivity contribution in [3.05, 3.63) is 23.8 Å². The Kier molecular flexibility index (Phi) is 2.96. The molecule has 0 spiro atoms. The van der Waals surface area contributed by atoms with Crippen LogP contribution in [0.1, 0.15) is 10.4 Å². The average molecular weight is 230 g/mol. The van der Waals surface area contributed by atoms with Crippen molar-refractivity contribution in [3.8, 4) is 5.75 Å². The van der Waals surface area contributed by atoms with Crippen LogP contribution in [0.5, 0.6) is 5.75 Å². The van der Waals surface area contributed by atoms with Gasteiger partial charge >= 0.3 is 0 Å². The van der Waals surface area contributed by atoms with E-state index in [0.29, 0.717) is 0 Å². The predicted octanol–water partition coefficient (Wildman–Crippen LogP) is -1.04. The van der Waals surface area contributed by atoms with E-state index in [1.54, 1.807) is 0 Å². The highest BCUT2D eigenvalue weighted by Crippen LogP contribution is 2.20. The van der Waals surface area contributed by atoms with Gasteiger partial charge in [0.1, 0.15) is 15.9 Å². The van der Waals surface area contributed by atoms with E-state index < -0.39 is 26.5 Å². The highest BCUT2D eigenvalue weighted by molar-refractivity contribution is 7.85. The molecule has 1 rings (SSSR count). The molecule has 0 aliphatic heterocycles. The van der Waals surface area contributed by atoms with E-state index in [2.05, 4.69) is 4.74 Å². The number of aromatic carboxylic acids is 1. The standard InChI is InChI=1S/C8H8O6S/c1-14-5-2-3-7(15(11,12)13)6(4-5)8(9)10/h2-4H,1H3,(H,9,10)(H,11,12,13)/p-2. The Labute approximate surface area is 85.9 Å². The van der Waals surface area contributed by atoms with Crippen LogP contribution in [0.2, 0.25) is 0 Å². The third-order valence-electron chi connectivity index (χ3n) is 1.68. The monoisotopic (exact) mass is 230 g/mol. The summed E-state index contributed by atoms with van der Waals surface area (Å²) in [4.78, 5) is 9.74. The lowest BCUT2D eigenvalue weighted by Crippen LogP contribution is -2.24. The van der Waals surface area contributed by atoms with Crippen LogP contribution in [0.15, 0.2) is 23.1 Å². The van der Waals surface area contributed by atoms with Crippen LogP contribution in [0, 0.1) is 0 Å². The van der Waals surface area contributed by atoms with Crippen LogP contribution in [0.4, 0.5) is 0 Å². The third kappa shape index (κ3) is 2.45. The fraction of sp³-hybridized carbons (Fsp3) is 0.125. The zero-order valence-corrected chi connectivity index (χ0v) is 8.41. The molecule has 1 aromatic carbocycles. The molecular formula is C8H6O6S-2. The van der Waals surface area contributed by atoms with Gasteiger partial charge in [-0.1, -0.05) is 0 Å². The van der Waals surface area contributed by atoms with Crippen molar-refractivity contribution in [1.29, 1.82) is 0 Å². The number of rotatable bonds is 3. The van der Waals surface area contributed by atoms with Crippen LogP contribution >= 0.6 is 0 Å². The molecule has 0 aromatic heterocycles. The Balaban J connectivity index is 3.48. The minimum absolute atomic E-state index is 0.126. The quantitative estimate of drug-likeness (QED) is 0.614. The molecule has 0 radical (unpaired) electrons. The number of methoxy groups -OCH3 is 1. The lowest BCUT2D eigenvalue weighted by molar-refractivity contribution is -0.255. The molecule has 82 valence electrons. The molecule has 0 fully saturated rings. The first-order valence-electron chi connectivity index (χ1n) is 3.71. The SMILES string of the molecule is COc1ccc(S(=O)(=O)[O-])c(C(=O)[O-])c1. The Hall–Kier alpha value is -1.60. The Bertz CT molecular complexity index is 490. The van der Waals surface area contributed by atoms with E-state index in [1.165, 1.54) is 13.2 Å². The van der Waals surface area contributed by atoms with Crippen molar-refractivity contribution >= 4 is 16.1 Å². The van der Waals surface area contributed by atoms with E-state index in [9.17, 15) is 22.9 Å². The number of carbonyl (C=O) groups is 1. The summed E-state index contributed by atoms with van der Waals surface area (Å²) in [6, 6.07) is 2.96. The van der Waals surface area contributed by atoms with Gasteiger partial charge in [-0.25, -0.2) is 8.42 Å². The number of hydrogen-bond acceptors (Lipinski definition) is 6. The maximum Gasteiger partial charge on any atom is 0.125 e. The smallest absolute Gasteiger partial charge is 0.125 e. The Morgan fingerprint density at radius 1 is 1.40 bits per heavy atom. The molecule has 0 atom stereocenters.